The van der Waals surface area contributed by atoms with Gasteiger partial charge in [-0.15, -0.1) is 0 Å². The van der Waals surface area contributed by atoms with Crippen LogP contribution in [-0.4, -0.2) is 22.4 Å². The van der Waals surface area contributed by atoms with Crippen molar-refractivity contribution in [2.75, 3.05) is 6.54 Å². The SMILES string of the molecule is CCCNC(Cc1c(C)nn(C)c1Cl)C1CCCC1C. The maximum absolute atomic E-state index is 6.41. The van der Waals surface area contributed by atoms with Crippen molar-refractivity contribution in [1.82, 2.24) is 15.1 Å². The molecule has 4 heteroatoms. The zero-order chi connectivity index (χ0) is 14.7. The van der Waals surface area contributed by atoms with Gasteiger partial charge >= 0.3 is 0 Å². The van der Waals surface area contributed by atoms with Crippen molar-refractivity contribution in [3.63, 3.8) is 0 Å². The van der Waals surface area contributed by atoms with E-state index < -0.39 is 0 Å². The summed E-state index contributed by atoms with van der Waals surface area (Å²) in [6.45, 7) is 7.78. The summed E-state index contributed by atoms with van der Waals surface area (Å²) in [6.07, 6.45) is 6.27. The van der Waals surface area contributed by atoms with Crippen LogP contribution < -0.4 is 5.32 Å². The van der Waals surface area contributed by atoms with Crippen LogP contribution in [0.4, 0.5) is 0 Å². The van der Waals surface area contributed by atoms with E-state index in [1.54, 1.807) is 4.68 Å². The monoisotopic (exact) mass is 297 g/mol. The molecular weight excluding hydrogens is 270 g/mol. The van der Waals surface area contributed by atoms with Gasteiger partial charge in [-0.2, -0.15) is 5.10 Å². The summed E-state index contributed by atoms with van der Waals surface area (Å²) >= 11 is 6.41. The summed E-state index contributed by atoms with van der Waals surface area (Å²) in [4.78, 5) is 0. The predicted molar refractivity (Wildman–Crippen MR) is 85.2 cm³/mol. The topological polar surface area (TPSA) is 29.9 Å². The molecule has 0 radical (unpaired) electrons. The first-order chi connectivity index (χ1) is 9.54. The van der Waals surface area contributed by atoms with Crippen LogP contribution in [0.3, 0.4) is 0 Å². The Morgan fingerprint density at radius 2 is 2.20 bits per heavy atom. The average molecular weight is 298 g/mol. The molecule has 1 N–H and O–H groups in total. The van der Waals surface area contributed by atoms with Gasteiger partial charge in [-0.1, -0.05) is 38.3 Å². The van der Waals surface area contributed by atoms with Crippen molar-refractivity contribution < 1.29 is 0 Å². The van der Waals surface area contributed by atoms with Gasteiger partial charge in [0, 0.05) is 18.7 Å². The molecule has 3 atom stereocenters. The van der Waals surface area contributed by atoms with Gasteiger partial charge in [-0.05, 0) is 44.6 Å². The molecule has 114 valence electrons. The number of halogens is 1. The molecule has 0 aliphatic heterocycles. The fourth-order valence-electron chi connectivity index (χ4n) is 3.60. The molecule has 1 aliphatic carbocycles. The number of nitrogens with zero attached hydrogens (tertiary/aromatic N) is 2. The van der Waals surface area contributed by atoms with Crippen molar-refractivity contribution >= 4 is 11.6 Å². The van der Waals surface area contributed by atoms with E-state index in [4.69, 9.17) is 11.6 Å². The van der Waals surface area contributed by atoms with Crippen molar-refractivity contribution in [1.29, 1.82) is 0 Å². The van der Waals surface area contributed by atoms with Crippen LogP contribution in [0.1, 0.15) is 50.8 Å². The first-order valence-electron chi connectivity index (χ1n) is 7.96. The second kappa shape index (κ2) is 6.95. The fraction of sp³-hybridized carbons (Fsp3) is 0.812. The molecule has 3 nitrogen and oxygen atoms in total. The maximum atomic E-state index is 6.41. The molecular formula is C16H28ClN3. The lowest BCUT2D eigenvalue weighted by molar-refractivity contribution is 0.295. The first kappa shape index (κ1) is 15.8. The molecule has 1 aromatic heterocycles. The lowest BCUT2D eigenvalue weighted by atomic mass is 9.86. The third kappa shape index (κ3) is 3.37. The highest BCUT2D eigenvalue weighted by Gasteiger charge is 2.31. The summed E-state index contributed by atoms with van der Waals surface area (Å²) in [5.41, 5.74) is 2.30. The van der Waals surface area contributed by atoms with E-state index in [0.29, 0.717) is 6.04 Å². The summed E-state index contributed by atoms with van der Waals surface area (Å²) in [6, 6.07) is 0.535. The highest BCUT2D eigenvalue weighted by atomic mass is 35.5. The van der Waals surface area contributed by atoms with Crippen molar-refractivity contribution in [2.45, 2.75) is 58.9 Å². The van der Waals surface area contributed by atoms with E-state index in [0.717, 1.165) is 35.6 Å². The Hall–Kier alpha value is -0.540. The summed E-state index contributed by atoms with van der Waals surface area (Å²) in [7, 11) is 1.92. The molecule has 3 unspecified atom stereocenters. The van der Waals surface area contributed by atoms with Crippen LogP contribution in [-0.2, 0) is 13.5 Å². The van der Waals surface area contributed by atoms with Gasteiger partial charge in [-0.25, -0.2) is 0 Å². The van der Waals surface area contributed by atoms with E-state index >= 15 is 0 Å². The number of hydrogen-bond acceptors (Lipinski definition) is 2. The molecule has 1 heterocycles. The maximum Gasteiger partial charge on any atom is 0.130 e. The minimum absolute atomic E-state index is 0.535. The third-order valence-electron chi connectivity index (χ3n) is 4.80. The molecule has 20 heavy (non-hydrogen) atoms. The van der Waals surface area contributed by atoms with E-state index in [9.17, 15) is 0 Å². The Bertz CT molecular complexity index is 441. The molecule has 0 bridgehead atoms. The second-order valence-electron chi connectivity index (χ2n) is 6.32. The summed E-state index contributed by atoms with van der Waals surface area (Å²) in [5.74, 6) is 1.59. The third-order valence-corrected chi connectivity index (χ3v) is 5.27. The molecule has 0 spiro atoms. The smallest absolute Gasteiger partial charge is 0.130 e. The molecule has 0 aromatic carbocycles. The van der Waals surface area contributed by atoms with Crippen LogP contribution in [0.5, 0.6) is 0 Å². The van der Waals surface area contributed by atoms with E-state index in [-0.39, 0.29) is 0 Å². The quantitative estimate of drug-likeness (QED) is 0.867. The van der Waals surface area contributed by atoms with E-state index in [1.807, 2.05) is 7.05 Å². The Balaban J connectivity index is 2.14. The van der Waals surface area contributed by atoms with Crippen LogP contribution in [0.2, 0.25) is 5.15 Å². The highest BCUT2D eigenvalue weighted by molar-refractivity contribution is 6.30. The number of rotatable bonds is 6. The lowest BCUT2D eigenvalue weighted by Crippen LogP contribution is -2.39. The zero-order valence-electron chi connectivity index (χ0n) is 13.2. The van der Waals surface area contributed by atoms with Crippen molar-refractivity contribution in [2.24, 2.45) is 18.9 Å². The molecule has 0 amide bonds. The average Bonchev–Trinajstić information content (AvgIpc) is 2.93. The van der Waals surface area contributed by atoms with E-state index in [2.05, 4.69) is 31.2 Å². The normalized spacial score (nSPS) is 24.2. The van der Waals surface area contributed by atoms with Crippen LogP contribution in [0.25, 0.3) is 0 Å². The Morgan fingerprint density at radius 3 is 2.70 bits per heavy atom. The molecule has 0 saturated heterocycles. The van der Waals surface area contributed by atoms with Gasteiger partial charge in [0.05, 0.1) is 5.69 Å². The minimum Gasteiger partial charge on any atom is -0.313 e. The summed E-state index contributed by atoms with van der Waals surface area (Å²) < 4.78 is 1.79. The van der Waals surface area contributed by atoms with Crippen molar-refractivity contribution in [3.8, 4) is 0 Å². The van der Waals surface area contributed by atoms with E-state index in [1.165, 1.54) is 31.2 Å². The van der Waals surface area contributed by atoms with Crippen LogP contribution >= 0.6 is 11.6 Å². The highest BCUT2D eigenvalue weighted by Crippen LogP contribution is 2.35. The first-order valence-corrected chi connectivity index (χ1v) is 8.33. The molecule has 1 saturated carbocycles. The van der Waals surface area contributed by atoms with Gasteiger partial charge in [0.1, 0.15) is 5.15 Å². The fourth-order valence-corrected chi connectivity index (χ4v) is 3.85. The molecule has 1 fully saturated rings. The van der Waals surface area contributed by atoms with Gasteiger partial charge < -0.3 is 5.32 Å². The number of aryl methyl sites for hydroxylation is 2. The number of aromatic nitrogens is 2. The lowest BCUT2D eigenvalue weighted by Gasteiger charge is -2.28. The van der Waals surface area contributed by atoms with Gasteiger partial charge in [-0.3, -0.25) is 4.68 Å². The Kier molecular flexibility index (Phi) is 5.50. The number of hydrogen-bond donors (Lipinski definition) is 1. The standard InChI is InChI=1S/C16H28ClN3/c1-5-9-18-15(13-8-6-7-11(13)2)10-14-12(3)19-20(4)16(14)17/h11,13,15,18H,5-10H2,1-4H3. The van der Waals surface area contributed by atoms with Crippen LogP contribution in [0.15, 0.2) is 0 Å². The van der Waals surface area contributed by atoms with Gasteiger partial charge in [0.25, 0.3) is 0 Å². The van der Waals surface area contributed by atoms with Gasteiger partial charge in [0.15, 0.2) is 0 Å². The Morgan fingerprint density at radius 1 is 1.45 bits per heavy atom. The van der Waals surface area contributed by atoms with Crippen molar-refractivity contribution in [3.05, 3.63) is 16.4 Å². The number of nitrogens with one attached hydrogen (secondary N) is 1. The molecule has 1 aliphatic rings. The second-order valence-corrected chi connectivity index (χ2v) is 6.67. The largest absolute Gasteiger partial charge is 0.313 e. The van der Waals surface area contributed by atoms with Crippen LogP contribution in [0, 0.1) is 18.8 Å². The molecule has 1 aromatic rings. The molecule has 2 rings (SSSR count). The Labute approximate surface area is 128 Å². The van der Waals surface area contributed by atoms with Gasteiger partial charge in [0.2, 0.25) is 0 Å². The predicted octanol–water partition coefficient (Wildman–Crippen LogP) is 3.73. The minimum atomic E-state index is 0.535. The summed E-state index contributed by atoms with van der Waals surface area (Å²) in [5, 5.41) is 9.01. The zero-order valence-corrected chi connectivity index (χ0v) is 14.0.